The van der Waals surface area contributed by atoms with Crippen molar-refractivity contribution in [3.8, 4) is 0 Å². The summed E-state index contributed by atoms with van der Waals surface area (Å²) in [6.07, 6.45) is 1.20. The Hall–Kier alpha value is -1.45. The first-order valence-corrected chi connectivity index (χ1v) is 9.99. The van der Waals surface area contributed by atoms with Crippen LogP contribution in [-0.4, -0.2) is 85.7 Å². The van der Waals surface area contributed by atoms with E-state index in [0.717, 1.165) is 11.3 Å². The van der Waals surface area contributed by atoms with Gasteiger partial charge in [0, 0.05) is 36.8 Å². The maximum absolute atomic E-state index is 13.1. The van der Waals surface area contributed by atoms with E-state index in [1.165, 1.54) is 0 Å². The second-order valence-corrected chi connectivity index (χ2v) is 8.92. The topological polar surface area (TPSA) is 95.6 Å². The highest BCUT2D eigenvalue weighted by Gasteiger charge is 2.36. The first-order valence-electron chi connectivity index (χ1n) is 8.17. The Bertz CT molecular complexity index is 713. The molecule has 1 saturated heterocycles. The molecule has 0 aliphatic carbocycles. The minimum Gasteiger partial charge on any atom is -0.376 e. The molecule has 0 aromatic carbocycles. The van der Waals surface area contributed by atoms with E-state index in [1.54, 1.807) is 4.90 Å². The third-order valence-corrected chi connectivity index (χ3v) is 6.35. The van der Waals surface area contributed by atoms with Gasteiger partial charge in [-0.1, -0.05) is 0 Å². The second-order valence-electron chi connectivity index (χ2n) is 6.69. The lowest BCUT2D eigenvalue weighted by Crippen LogP contribution is -2.45. The molecule has 2 aliphatic rings. The molecular weight excluding hydrogens is 332 g/mol. The zero-order chi connectivity index (χ0) is 17.3. The molecule has 1 aromatic heterocycles. The second kappa shape index (κ2) is 6.81. The predicted molar refractivity (Wildman–Crippen MR) is 88.6 cm³/mol. The van der Waals surface area contributed by atoms with E-state index < -0.39 is 9.84 Å². The van der Waals surface area contributed by atoms with Crippen molar-refractivity contribution < 1.29 is 17.9 Å². The molecule has 3 heterocycles. The number of fused-ring (bicyclic) bond motifs is 1. The number of amides is 1. The highest BCUT2D eigenvalue weighted by atomic mass is 32.2. The fraction of sp³-hybridized carbons (Fsp3) is 0.733. The fourth-order valence-electron chi connectivity index (χ4n) is 3.20. The van der Waals surface area contributed by atoms with Crippen LogP contribution in [0.15, 0.2) is 0 Å². The molecule has 0 bridgehead atoms. The first-order chi connectivity index (χ1) is 11.4. The summed E-state index contributed by atoms with van der Waals surface area (Å²) < 4.78 is 29.1. The van der Waals surface area contributed by atoms with Gasteiger partial charge in [-0.2, -0.15) is 5.10 Å². The van der Waals surface area contributed by atoms with Crippen molar-refractivity contribution in [2.24, 2.45) is 0 Å². The molecule has 0 radical (unpaired) electrons. The average molecular weight is 356 g/mol. The summed E-state index contributed by atoms with van der Waals surface area (Å²) in [5.74, 6) is -0.0255. The Labute approximate surface area is 142 Å². The Morgan fingerprint density at radius 3 is 2.83 bits per heavy atom. The predicted octanol–water partition coefficient (Wildman–Crippen LogP) is -0.327. The van der Waals surface area contributed by atoms with Gasteiger partial charge >= 0.3 is 0 Å². The van der Waals surface area contributed by atoms with Crippen LogP contribution in [-0.2, 0) is 27.6 Å². The van der Waals surface area contributed by atoms with Crippen LogP contribution < -0.4 is 0 Å². The molecule has 8 nitrogen and oxygen atoms in total. The number of hydrogen-bond acceptors (Lipinski definition) is 6. The first kappa shape index (κ1) is 17.4. The maximum atomic E-state index is 13.1. The molecule has 1 atom stereocenters. The molecule has 0 saturated carbocycles. The average Bonchev–Trinajstić information content (AvgIpc) is 3.10. The summed E-state index contributed by atoms with van der Waals surface area (Å²) in [7, 11) is 0.799. The van der Waals surface area contributed by atoms with E-state index in [2.05, 4.69) is 10.2 Å². The number of carbonyl (C=O) groups is 1. The van der Waals surface area contributed by atoms with Crippen molar-refractivity contribution >= 4 is 15.7 Å². The van der Waals surface area contributed by atoms with Gasteiger partial charge in [0.15, 0.2) is 15.5 Å². The van der Waals surface area contributed by atoms with Crippen LogP contribution >= 0.6 is 0 Å². The lowest BCUT2D eigenvalue weighted by Gasteiger charge is -2.29. The quantitative estimate of drug-likeness (QED) is 0.776. The number of nitrogens with one attached hydrogen (secondary N) is 1. The summed E-state index contributed by atoms with van der Waals surface area (Å²) in [6, 6.07) is -0.278. The molecule has 134 valence electrons. The monoisotopic (exact) mass is 356 g/mol. The van der Waals surface area contributed by atoms with Crippen LogP contribution in [0.4, 0.5) is 0 Å². The van der Waals surface area contributed by atoms with Crippen molar-refractivity contribution in [2.75, 3.05) is 45.3 Å². The van der Waals surface area contributed by atoms with Crippen molar-refractivity contribution in [1.82, 2.24) is 20.0 Å². The molecule has 1 fully saturated rings. The number of ether oxygens (including phenoxy) is 1. The van der Waals surface area contributed by atoms with E-state index in [1.807, 2.05) is 19.0 Å². The Morgan fingerprint density at radius 2 is 2.17 bits per heavy atom. The molecule has 1 amide bonds. The lowest BCUT2D eigenvalue weighted by atomic mass is 10.1. The molecule has 0 spiro atoms. The number of carbonyl (C=O) groups excluding carboxylic acids is 1. The molecule has 2 aliphatic heterocycles. The number of rotatable bonds is 5. The third-order valence-electron chi connectivity index (χ3n) is 4.60. The Morgan fingerprint density at radius 1 is 1.38 bits per heavy atom. The molecular formula is C15H24N4O4S. The maximum Gasteiger partial charge on any atom is 0.275 e. The largest absolute Gasteiger partial charge is 0.376 e. The zero-order valence-corrected chi connectivity index (χ0v) is 14.9. The Kier molecular flexibility index (Phi) is 4.93. The van der Waals surface area contributed by atoms with Gasteiger partial charge in [-0.15, -0.1) is 0 Å². The van der Waals surface area contributed by atoms with Crippen LogP contribution in [0.5, 0.6) is 0 Å². The number of aromatic amines is 1. The molecule has 9 heteroatoms. The number of likely N-dealkylation sites (N-methyl/N-ethyl adjacent to an activating group) is 1. The van der Waals surface area contributed by atoms with E-state index in [4.69, 9.17) is 4.74 Å². The lowest BCUT2D eigenvalue weighted by molar-refractivity contribution is 0.0666. The van der Waals surface area contributed by atoms with E-state index >= 15 is 0 Å². The SMILES string of the molecule is CN(C)CCN(C(=O)c1n[nH]c2c1COCC2)C1CCS(=O)(=O)C1. The summed E-state index contributed by atoms with van der Waals surface area (Å²) in [5.41, 5.74) is 2.12. The van der Waals surface area contributed by atoms with E-state index in [9.17, 15) is 13.2 Å². The van der Waals surface area contributed by atoms with Gasteiger partial charge in [0.1, 0.15) is 0 Å². The summed E-state index contributed by atoms with van der Waals surface area (Å²) in [6.45, 7) is 2.14. The third kappa shape index (κ3) is 3.62. The van der Waals surface area contributed by atoms with E-state index in [0.29, 0.717) is 44.8 Å². The van der Waals surface area contributed by atoms with Crippen LogP contribution in [0.3, 0.4) is 0 Å². The highest BCUT2D eigenvalue weighted by Crippen LogP contribution is 2.23. The smallest absolute Gasteiger partial charge is 0.275 e. The number of nitrogens with zero attached hydrogens (tertiary/aromatic N) is 3. The minimum absolute atomic E-state index is 0.0370. The van der Waals surface area contributed by atoms with Gasteiger partial charge in [0.05, 0.1) is 24.7 Å². The van der Waals surface area contributed by atoms with Gasteiger partial charge in [-0.05, 0) is 20.5 Å². The number of aromatic nitrogens is 2. The fourth-order valence-corrected chi connectivity index (χ4v) is 4.93. The van der Waals surface area contributed by atoms with Crippen LogP contribution in [0.1, 0.15) is 28.2 Å². The number of hydrogen-bond donors (Lipinski definition) is 1. The summed E-state index contributed by atoms with van der Waals surface area (Å²) >= 11 is 0. The van der Waals surface area contributed by atoms with Crippen molar-refractivity contribution in [1.29, 1.82) is 0 Å². The van der Waals surface area contributed by atoms with Crippen molar-refractivity contribution in [3.05, 3.63) is 17.0 Å². The van der Waals surface area contributed by atoms with Gasteiger partial charge < -0.3 is 14.5 Å². The number of H-pyrrole nitrogens is 1. The highest BCUT2D eigenvalue weighted by molar-refractivity contribution is 7.91. The minimum atomic E-state index is -3.06. The standard InChI is InChI=1S/C15H24N4O4S/c1-18(2)5-6-19(11-4-8-24(21,22)10-11)15(20)14-12-9-23-7-3-13(12)16-17-14/h11H,3-10H2,1-2H3,(H,16,17). The van der Waals surface area contributed by atoms with Crippen molar-refractivity contribution in [2.45, 2.75) is 25.5 Å². The van der Waals surface area contributed by atoms with Gasteiger partial charge in [-0.3, -0.25) is 9.89 Å². The molecule has 1 unspecified atom stereocenters. The van der Waals surface area contributed by atoms with Crippen molar-refractivity contribution in [3.63, 3.8) is 0 Å². The van der Waals surface area contributed by atoms with Crippen LogP contribution in [0.25, 0.3) is 0 Å². The van der Waals surface area contributed by atoms with Crippen LogP contribution in [0.2, 0.25) is 0 Å². The Balaban J connectivity index is 1.84. The van der Waals surface area contributed by atoms with Gasteiger partial charge in [-0.25, -0.2) is 8.42 Å². The molecule has 1 N–H and O–H groups in total. The van der Waals surface area contributed by atoms with Crippen LogP contribution in [0, 0.1) is 0 Å². The van der Waals surface area contributed by atoms with Gasteiger partial charge in [0.25, 0.3) is 5.91 Å². The molecule has 24 heavy (non-hydrogen) atoms. The number of sulfone groups is 1. The summed E-state index contributed by atoms with van der Waals surface area (Å²) in [4.78, 5) is 16.7. The summed E-state index contributed by atoms with van der Waals surface area (Å²) in [5, 5.41) is 7.12. The molecule has 1 aromatic rings. The van der Waals surface area contributed by atoms with Gasteiger partial charge in [0.2, 0.25) is 0 Å². The normalized spacial score (nSPS) is 22.5. The molecule has 3 rings (SSSR count). The zero-order valence-electron chi connectivity index (χ0n) is 14.1. The van der Waals surface area contributed by atoms with E-state index in [-0.39, 0.29) is 23.5 Å².